The molecule has 1 saturated carbocycles. The van der Waals surface area contributed by atoms with Crippen molar-refractivity contribution >= 4 is 33.3 Å². The molecule has 5 rings (SSSR count). The second kappa shape index (κ2) is 7.68. The highest BCUT2D eigenvalue weighted by Crippen LogP contribution is 2.37. The van der Waals surface area contributed by atoms with E-state index in [0.717, 1.165) is 46.8 Å². The molecule has 0 saturated heterocycles. The summed E-state index contributed by atoms with van der Waals surface area (Å²) in [6.07, 6.45) is 9.27. The first-order valence-electron chi connectivity index (χ1n) is 10.5. The summed E-state index contributed by atoms with van der Waals surface area (Å²) in [4.78, 5) is 21.1. The highest BCUT2D eigenvalue weighted by atomic mass is 32.2. The molecule has 2 heterocycles. The predicted octanol–water partition coefficient (Wildman–Crippen LogP) is 6.05. The zero-order valence-corrected chi connectivity index (χ0v) is 18.0. The Hall–Kier alpha value is -1.59. The van der Waals surface area contributed by atoms with Crippen LogP contribution >= 0.6 is 23.1 Å². The van der Waals surface area contributed by atoms with Gasteiger partial charge in [0.2, 0.25) is 0 Å². The first kappa shape index (κ1) is 18.4. The number of rotatable bonds is 4. The SMILES string of the molecule is Cc1cccc(CSc2nc3sc4c(c3c(=O)n2C2CCCC2)CCCC4)c1. The van der Waals surface area contributed by atoms with Gasteiger partial charge in [-0.1, -0.05) is 54.4 Å². The van der Waals surface area contributed by atoms with Crippen LogP contribution in [-0.4, -0.2) is 9.55 Å². The number of thiophene rings is 1. The standard InChI is InChI=1S/C23H26N2OS2/c1-15-7-6-8-16(13-15)14-27-23-24-21-20(18-11-4-5-12-19(18)28-21)22(26)25(23)17-9-2-3-10-17/h6-8,13,17H,2-5,9-12,14H2,1H3. The lowest BCUT2D eigenvalue weighted by molar-refractivity contribution is 0.457. The Labute approximate surface area is 174 Å². The number of hydrogen-bond donors (Lipinski definition) is 0. The van der Waals surface area contributed by atoms with Gasteiger partial charge in [-0.2, -0.15) is 0 Å². The molecule has 0 atom stereocenters. The van der Waals surface area contributed by atoms with Gasteiger partial charge < -0.3 is 0 Å². The Morgan fingerprint density at radius 3 is 2.82 bits per heavy atom. The van der Waals surface area contributed by atoms with Crippen LogP contribution < -0.4 is 5.56 Å². The molecular formula is C23H26N2OS2. The molecular weight excluding hydrogens is 384 g/mol. The van der Waals surface area contributed by atoms with Crippen molar-refractivity contribution < 1.29 is 0 Å². The summed E-state index contributed by atoms with van der Waals surface area (Å²) in [6.45, 7) is 2.13. The van der Waals surface area contributed by atoms with Crippen molar-refractivity contribution in [3.05, 3.63) is 56.2 Å². The predicted molar refractivity (Wildman–Crippen MR) is 119 cm³/mol. The Morgan fingerprint density at radius 1 is 1.18 bits per heavy atom. The fraction of sp³-hybridized carbons (Fsp3) is 0.478. The average molecular weight is 411 g/mol. The van der Waals surface area contributed by atoms with Gasteiger partial charge in [0.05, 0.1) is 5.39 Å². The first-order chi connectivity index (χ1) is 13.7. The van der Waals surface area contributed by atoms with Crippen molar-refractivity contribution in [2.75, 3.05) is 0 Å². The first-order valence-corrected chi connectivity index (χ1v) is 12.3. The molecule has 28 heavy (non-hydrogen) atoms. The quantitative estimate of drug-likeness (QED) is 0.388. The third-order valence-corrected chi connectivity index (χ3v) is 8.34. The van der Waals surface area contributed by atoms with E-state index in [1.165, 1.54) is 47.3 Å². The van der Waals surface area contributed by atoms with E-state index in [0.29, 0.717) is 6.04 Å². The summed E-state index contributed by atoms with van der Waals surface area (Å²) >= 11 is 3.49. The van der Waals surface area contributed by atoms with E-state index in [1.807, 2.05) is 0 Å². The minimum absolute atomic E-state index is 0.225. The van der Waals surface area contributed by atoms with Crippen molar-refractivity contribution in [2.24, 2.45) is 0 Å². The van der Waals surface area contributed by atoms with E-state index in [2.05, 4.69) is 35.8 Å². The molecule has 0 unspecified atom stereocenters. The van der Waals surface area contributed by atoms with Crippen LogP contribution in [0.5, 0.6) is 0 Å². The van der Waals surface area contributed by atoms with Gasteiger partial charge in [-0.25, -0.2) is 4.98 Å². The second-order valence-corrected chi connectivity index (χ2v) is 10.2. The third kappa shape index (κ3) is 3.33. The lowest BCUT2D eigenvalue weighted by Crippen LogP contribution is -2.26. The van der Waals surface area contributed by atoms with E-state index in [-0.39, 0.29) is 5.56 Å². The Balaban J connectivity index is 1.60. The van der Waals surface area contributed by atoms with Crippen LogP contribution in [0.2, 0.25) is 0 Å². The molecule has 3 nitrogen and oxygen atoms in total. The van der Waals surface area contributed by atoms with E-state index in [4.69, 9.17) is 4.98 Å². The highest BCUT2D eigenvalue weighted by Gasteiger charge is 2.26. The van der Waals surface area contributed by atoms with Gasteiger partial charge in [-0.3, -0.25) is 9.36 Å². The van der Waals surface area contributed by atoms with Gasteiger partial charge in [0.1, 0.15) is 4.83 Å². The minimum Gasteiger partial charge on any atom is -0.284 e. The number of aryl methyl sites for hydroxylation is 3. The zero-order valence-electron chi connectivity index (χ0n) is 16.4. The molecule has 2 aromatic heterocycles. The maximum atomic E-state index is 13.7. The molecule has 0 spiro atoms. The summed E-state index contributed by atoms with van der Waals surface area (Å²) in [7, 11) is 0. The Bertz CT molecular complexity index is 1080. The van der Waals surface area contributed by atoms with Gasteiger partial charge in [0.25, 0.3) is 5.56 Å². The van der Waals surface area contributed by atoms with Crippen LogP contribution in [0.15, 0.2) is 34.2 Å². The molecule has 0 aliphatic heterocycles. The monoisotopic (exact) mass is 410 g/mol. The van der Waals surface area contributed by atoms with Crippen molar-refractivity contribution in [3.8, 4) is 0 Å². The number of hydrogen-bond acceptors (Lipinski definition) is 4. The average Bonchev–Trinajstić information content (AvgIpc) is 3.34. The summed E-state index contributed by atoms with van der Waals surface area (Å²) in [5.74, 6) is 0.859. The van der Waals surface area contributed by atoms with E-state index in [1.54, 1.807) is 23.1 Å². The molecule has 1 aromatic carbocycles. The maximum Gasteiger partial charge on any atom is 0.263 e. The van der Waals surface area contributed by atoms with Gasteiger partial charge in [0.15, 0.2) is 5.16 Å². The number of thioether (sulfide) groups is 1. The van der Waals surface area contributed by atoms with Crippen LogP contribution in [-0.2, 0) is 18.6 Å². The fourth-order valence-electron chi connectivity index (χ4n) is 4.73. The second-order valence-electron chi connectivity index (χ2n) is 8.18. The summed E-state index contributed by atoms with van der Waals surface area (Å²) in [5.41, 5.74) is 4.11. The summed E-state index contributed by atoms with van der Waals surface area (Å²) in [5, 5.41) is 1.86. The van der Waals surface area contributed by atoms with Crippen molar-refractivity contribution in [1.82, 2.24) is 9.55 Å². The molecule has 2 aliphatic rings. The number of benzene rings is 1. The van der Waals surface area contributed by atoms with Crippen LogP contribution in [0.25, 0.3) is 10.2 Å². The smallest absolute Gasteiger partial charge is 0.263 e. The van der Waals surface area contributed by atoms with E-state index < -0.39 is 0 Å². The fourth-order valence-corrected chi connectivity index (χ4v) is 7.05. The molecule has 0 N–H and O–H groups in total. The van der Waals surface area contributed by atoms with Crippen LogP contribution in [0.3, 0.4) is 0 Å². The lowest BCUT2D eigenvalue weighted by atomic mass is 9.97. The molecule has 0 amide bonds. The van der Waals surface area contributed by atoms with Gasteiger partial charge in [0, 0.05) is 16.7 Å². The molecule has 0 bridgehead atoms. The van der Waals surface area contributed by atoms with Crippen molar-refractivity contribution in [3.63, 3.8) is 0 Å². The normalized spacial score (nSPS) is 17.3. The summed E-state index contributed by atoms with van der Waals surface area (Å²) < 4.78 is 2.07. The molecule has 2 aliphatic carbocycles. The van der Waals surface area contributed by atoms with E-state index >= 15 is 0 Å². The number of aromatic nitrogens is 2. The van der Waals surface area contributed by atoms with Gasteiger partial charge in [-0.05, 0) is 56.6 Å². The topological polar surface area (TPSA) is 34.9 Å². The maximum absolute atomic E-state index is 13.7. The molecule has 0 radical (unpaired) electrons. The van der Waals surface area contributed by atoms with Crippen molar-refractivity contribution in [1.29, 1.82) is 0 Å². The molecule has 3 aromatic rings. The molecule has 1 fully saturated rings. The number of fused-ring (bicyclic) bond motifs is 3. The van der Waals surface area contributed by atoms with Crippen LogP contribution in [0.4, 0.5) is 0 Å². The van der Waals surface area contributed by atoms with Gasteiger partial charge >= 0.3 is 0 Å². The van der Waals surface area contributed by atoms with Crippen LogP contribution in [0.1, 0.15) is 66.1 Å². The van der Waals surface area contributed by atoms with Gasteiger partial charge in [-0.15, -0.1) is 11.3 Å². The lowest BCUT2D eigenvalue weighted by Gasteiger charge is -2.18. The Kier molecular flexibility index (Phi) is 5.06. The van der Waals surface area contributed by atoms with Crippen LogP contribution in [0, 0.1) is 6.92 Å². The van der Waals surface area contributed by atoms with Crippen molar-refractivity contribution in [2.45, 2.75) is 75.2 Å². The third-order valence-electron chi connectivity index (χ3n) is 6.13. The molecule has 5 heteroatoms. The molecule has 146 valence electrons. The largest absolute Gasteiger partial charge is 0.284 e. The Morgan fingerprint density at radius 2 is 2.00 bits per heavy atom. The highest BCUT2D eigenvalue weighted by molar-refractivity contribution is 7.98. The zero-order chi connectivity index (χ0) is 19.1. The minimum atomic E-state index is 0.225. The number of nitrogens with zero attached hydrogens (tertiary/aromatic N) is 2. The van der Waals surface area contributed by atoms with E-state index in [9.17, 15) is 4.79 Å². The summed E-state index contributed by atoms with van der Waals surface area (Å²) in [6, 6.07) is 8.96.